The minimum absolute atomic E-state index is 0.121. The second-order valence-electron chi connectivity index (χ2n) is 5.14. The zero-order chi connectivity index (χ0) is 17.4. The molecule has 0 saturated carbocycles. The Bertz CT molecular complexity index is 682. The molecule has 0 aliphatic heterocycles. The fourth-order valence-corrected chi connectivity index (χ4v) is 2.14. The number of methoxy groups -OCH3 is 1. The highest BCUT2D eigenvalue weighted by atomic mass is 16.5. The molecule has 2 aromatic carbocycles. The van der Waals surface area contributed by atoms with Gasteiger partial charge in [0.1, 0.15) is 5.75 Å². The normalized spacial score (nSPS) is 12.4. The maximum Gasteiger partial charge on any atom is 0.292 e. The molecule has 0 aliphatic carbocycles. The number of amidine groups is 1. The summed E-state index contributed by atoms with van der Waals surface area (Å²) >= 11 is 0. The van der Waals surface area contributed by atoms with E-state index >= 15 is 0 Å². The minimum atomic E-state index is -0.273. The van der Waals surface area contributed by atoms with Crippen molar-refractivity contribution in [2.45, 2.75) is 19.9 Å². The SMILES string of the molecule is CCOC(=N[C@H](C)c1ccccc1)NC(=O)c1ccc(OC)cc1. The van der Waals surface area contributed by atoms with Crippen LogP contribution in [-0.2, 0) is 4.74 Å². The molecule has 1 N–H and O–H groups in total. The maximum atomic E-state index is 12.3. The summed E-state index contributed by atoms with van der Waals surface area (Å²) in [5.74, 6) is 0.424. The summed E-state index contributed by atoms with van der Waals surface area (Å²) in [5.41, 5.74) is 1.56. The summed E-state index contributed by atoms with van der Waals surface area (Å²) in [6.45, 7) is 4.22. The number of rotatable bonds is 5. The molecule has 0 aromatic heterocycles. The number of hydrogen-bond donors (Lipinski definition) is 1. The lowest BCUT2D eigenvalue weighted by Crippen LogP contribution is -2.33. The van der Waals surface area contributed by atoms with Crippen molar-refractivity contribution in [3.05, 3.63) is 65.7 Å². The van der Waals surface area contributed by atoms with E-state index in [0.717, 1.165) is 5.56 Å². The lowest BCUT2D eigenvalue weighted by Gasteiger charge is -2.13. The second-order valence-corrected chi connectivity index (χ2v) is 5.14. The van der Waals surface area contributed by atoms with Crippen molar-refractivity contribution in [1.29, 1.82) is 0 Å². The van der Waals surface area contributed by atoms with Gasteiger partial charge in [0.25, 0.3) is 11.9 Å². The minimum Gasteiger partial charge on any atom is -0.497 e. The molecule has 0 unspecified atom stereocenters. The number of benzene rings is 2. The zero-order valence-corrected chi connectivity index (χ0v) is 14.2. The van der Waals surface area contributed by atoms with Crippen LogP contribution in [0.2, 0.25) is 0 Å². The average Bonchev–Trinajstić information content (AvgIpc) is 2.62. The van der Waals surface area contributed by atoms with Crippen molar-refractivity contribution in [1.82, 2.24) is 5.32 Å². The number of amides is 1. The van der Waals surface area contributed by atoms with Crippen molar-refractivity contribution in [2.75, 3.05) is 13.7 Å². The highest BCUT2D eigenvalue weighted by Crippen LogP contribution is 2.16. The van der Waals surface area contributed by atoms with Crippen LogP contribution in [0.4, 0.5) is 0 Å². The molecule has 0 spiro atoms. The quantitative estimate of drug-likeness (QED) is 0.675. The molecular weight excluding hydrogens is 304 g/mol. The van der Waals surface area contributed by atoms with E-state index in [9.17, 15) is 4.79 Å². The van der Waals surface area contributed by atoms with Gasteiger partial charge in [-0.2, -0.15) is 0 Å². The number of nitrogens with zero attached hydrogens (tertiary/aromatic N) is 1. The smallest absolute Gasteiger partial charge is 0.292 e. The first kappa shape index (κ1) is 17.5. The van der Waals surface area contributed by atoms with Crippen LogP contribution >= 0.6 is 0 Å². The van der Waals surface area contributed by atoms with Gasteiger partial charge >= 0.3 is 0 Å². The molecule has 0 fully saturated rings. The number of ether oxygens (including phenoxy) is 2. The fraction of sp³-hybridized carbons (Fsp3) is 0.263. The van der Waals surface area contributed by atoms with Crippen molar-refractivity contribution in [3.8, 4) is 5.75 Å². The monoisotopic (exact) mass is 326 g/mol. The Labute approximate surface area is 142 Å². The van der Waals surface area contributed by atoms with Crippen LogP contribution in [0.5, 0.6) is 5.75 Å². The van der Waals surface area contributed by atoms with E-state index in [0.29, 0.717) is 17.9 Å². The third-order valence-corrected chi connectivity index (χ3v) is 3.45. The molecule has 1 amide bonds. The van der Waals surface area contributed by atoms with Crippen molar-refractivity contribution in [2.24, 2.45) is 4.99 Å². The Morgan fingerprint density at radius 2 is 1.79 bits per heavy atom. The van der Waals surface area contributed by atoms with Crippen molar-refractivity contribution >= 4 is 11.9 Å². The van der Waals surface area contributed by atoms with E-state index in [2.05, 4.69) is 10.3 Å². The van der Waals surface area contributed by atoms with Crippen molar-refractivity contribution in [3.63, 3.8) is 0 Å². The van der Waals surface area contributed by atoms with Gasteiger partial charge in [-0.1, -0.05) is 30.3 Å². The topological polar surface area (TPSA) is 59.9 Å². The summed E-state index contributed by atoms with van der Waals surface area (Å²) < 4.78 is 10.6. The summed E-state index contributed by atoms with van der Waals surface area (Å²) in [4.78, 5) is 16.8. The Hall–Kier alpha value is -2.82. The second kappa shape index (κ2) is 8.72. The van der Waals surface area contributed by atoms with Crippen LogP contribution in [0.1, 0.15) is 35.8 Å². The standard InChI is InChI=1S/C19H22N2O3/c1-4-24-19(20-14(2)15-8-6-5-7-9-15)21-18(22)16-10-12-17(23-3)13-11-16/h5-14H,4H2,1-3H3,(H,20,21,22)/t14-/m1/s1. The molecule has 5 nitrogen and oxygen atoms in total. The van der Waals surface area contributed by atoms with E-state index in [1.54, 1.807) is 31.4 Å². The third-order valence-electron chi connectivity index (χ3n) is 3.45. The van der Waals surface area contributed by atoms with Crippen molar-refractivity contribution < 1.29 is 14.3 Å². The lowest BCUT2D eigenvalue weighted by molar-refractivity contribution is 0.0966. The number of aliphatic imine (C=N–C) groups is 1. The Morgan fingerprint density at radius 3 is 2.38 bits per heavy atom. The molecule has 5 heteroatoms. The van der Waals surface area contributed by atoms with E-state index in [1.807, 2.05) is 44.2 Å². The van der Waals surface area contributed by atoms with Crippen LogP contribution in [0.3, 0.4) is 0 Å². The average molecular weight is 326 g/mol. The highest BCUT2D eigenvalue weighted by Gasteiger charge is 2.12. The molecule has 0 saturated heterocycles. The van der Waals surface area contributed by atoms with Gasteiger partial charge in [-0.15, -0.1) is 0 Å². The molecule has 126 valence electrons. The molecule has 1 atom stereocenters. The Kier molecular flexibility index (Phi) is 6.37. The molecule has 24 heavy (non-hydrogen) atoms. The first-order valence-electron chi connectivity index (χ1n) is 7.85. The van der Waals surface area contributed by atoms with E-state index in [4.69, 9.17) is 9.47 Å². The zero-order valence-electron chi connectivity index (χ0n) is 14.2. The number of carbonyl (C=O) groups excluding carboxylic acids is 1. The predicted octanol–water partition coefficient (Wildman–Crippen LogP) is 3.58. The molecule has 2 aromatic rings. The third kappa shape index (κ3) is 4.84. The van der Waals surface area contributed by atoms with Crippen LogP contribution in [-0.4, -0.2) is 25.6 Å². The predicted molar refractivity (Wildman–Crippen MR) is 94.4 cm³/mol. The van der Waals surface area contributed by atoms with E-state index in [1.165, 1.54) is 0 Å². The van der Waals surface area contributed by atoms with Gasteiger partial charge in [-0.3, -0.25) is 10.1 Å². The molecule has 0 bridgehead atoms. The van der Waals surface area contributed by atoms with Gasteiger partial charge in [-0.25, -0.2) is 4.99 Å². The van der Waals surface area contributed by atoms with E-state index < -0.39 is 0 Å². The largest absolute Gasteiger partial charge is 0.497 e. The van der Waals surface area contributed by atoms with Gasteiger partial charge in [0, 0.05) is 5.56 Å². The maximum absolute atomic E-state index is 12.3. The molecular formula is C19H22N2O3. The molecule has 0 aliphatic rings. The van der Waals surface area contributed by atoms with Gasteiger partial charge < -0.3 is 9.47 Å². The van der Waals surface area contributed by atoms with Crippen LogP contribution < -0.4 is 10.1 Å². The first-order chi connectivity index (χ1) is 11.6. The lowest BCUT2D eigenvalue weighted by atomic mass is 10.1. The highest BCUT2D eigenvalue weighted by molar-refractivity contribution is 6.04. The fourth-order valence-electron chi connectivity index (χ4n) is 2.14. The summed E-state index contributed by atoms with van der Waals surface area (Å²) in [5, 5.41) is 2.72. The van der Waals surface area contributed by atoms with Crippen LogP contribution in [0, 0.1) is 0 Å². The molecule has 2 rings (SSSR count). The summed E-state index contributed by atoms with van der Waals surface area (Å²) in [6, 6.07) is 16.8. The van der Waals surface area contributed by atoms with Gasteiger partial charge in [0.2, 0.25) is 0 Å². The first-order valence-corrected chi connectivity index (χ1v) is 7.85. The number of carbonyl (C=O) groups is 1. The van der Waals surface area contributed by atoms with Gasteiger partial charge in [0.05, 0.1) is 19.8 Å². The number of hydrogen-bond acceptors (Lipinski definition) is 4. The van der Waals surface area contributed by atoms with Crippen LogP contribution in [0.15, 0.2) is 59.6 Å². The summed E-state index contributed by atoms with van der Waals surface area (Å²) in [6.07, 6.45) is 0. The molecule has 0 heterocycles. The van der Waals surface area contributed by atoms with Gasteiger partial charge in [0.15, 0.2) is 0 Å². The van der Waals surface area contributed by atoms with E-state index in [-0.39, 0.29) is 18.0 Å². The summed E-state index contributed by atoms with van der Waals surface area (Å²) in [7, 11) is 1.58. The Morgan fingerprint density at radius 1 is 1.12 bits per heavy atom. The van der Waals surface area contributed by atoms with Crippen LogP contribution in [0.25, 0.3) is 0 Å². The number of nitrogens with one attached hydrogen (secondary N) is 1. The molecule has 0 radical (unpaired) electrons. The van der Waals surface area contributed by atoms with Gasteiger partial charge in [-0.05, 0) is 43.7 Å². The Balaban J connectivity index is 2.11.